The van der Waals surface area contributed by atoms with Crippen molar-refractivity contribution < 1.29 is 9.53 Å². The second-order valence-electron chi connectivity index (χ2n) is 5.33. The molecule has 0 bridgehead atoms. The van der Waals surface area contributed by atoms with Gasteiger partial charge in [-0.1, -0.05) is 54.1 Å². The largest absolute Gasteiger partial charge is 0.490 e. The van der Waals surface area contributed by atoms with Crippen LogP contribution in [0.4, 0.5) is 0 Å². The maximum absolute atomic E-state index is 12.3. The van der Waals surface area contributed by atoms with E-state index in [9.17, 15) is 4.79 Å². The lowest BCUT2D eigenvalue weighted by molar-refractivity contribution is -0.131. The highest BCUT2D eigenvalue weighted by Crippen LogP contribution is 2.22. The van der Waals surface area contributed by atoms with Crippen LogP contribution >= 0.6 is 24.0 Å². The number of ether oxygens (including phenoxy) is 1. The molecule has 2 aromatic carbocycles. The van der Waals surface area contributed by atoms with Crippen LogP contribution in [-0.4, -0.2) is 37.0 Å². The molecule has 0 aliphatic rings. The van der Waals surface area contributed by atoms with Gasteiger partial charge in [0.1, 0.15) is 12.4 Å². The summed E-state index contributed by atoms with van der Waals surface area (Å²) in [5, 5.41) is 0.558. The Morgan fingerprint density at radius 1 is 1.17 bits per heavy atom. The lowest BCUT2D eigenvalue weighted by Gasteiger charge is -2.21. The Morgan fingerprint density at radius 2 is 1.79 bits per heavy atom. The summed E-state index contributed by atoms with van der Waals surface area (Å²) in [6.07, 6.45) is 0.523. The molecular weight excluding hydrogens is 347 g/mol. The van der Waals surface area contributed by atoms with Gasteiger partial charge in [0.15, 0.2) is 0 Å². The third-order valence-corrected chi connectivity index (χ3v) is 3.83. The van der Waals surface area contributed by atoms with Crippen molar-refractivity contribution in [3.8, 4) is 5.75 Å². The molecule has 0 aliphatic heterocycles. The van der Waals surface area contributed by atoms with Gasteiger partial charge in [-0.3, -0.25) is 4.79 Å². The quantitative estimate of drug-likeness (QED) is 0.816. The van der Waals surface area contributed by atoms with Gasteiger partial charge in [-0.05, 0) is 24.1 Å². The third kappa shape index (κ3) is 6.04. The second kappa shape index (κ2) is 10.2. The van der Waals surface area contributed by atoms with Crippen LogP contribution in [0.2, 0.25) is 5.02 Å². The van der Waals surface area contributed by atoms with Gasteiger partial charge in [-0.15, -0.1) is 12.4 Å². The number of para-hydroxylation sites is 1. The van der Waals surface area contributed by atoms with E-state index >= 15 is 0 Å². The van der Waals surface area contributed by atoms with Crippen molar-refractivity contribution in [3.05, 3.63) is 65.2 Å². The molecule has 0 aromatic heterocycles. The molecule has 0 spiro atoms. The van der Waals surface area contributed by atoms with Crippen LogP contribution < -0.4 is 10.5 Å². The van der Waals surface area contributed by atoms with Gasteiger partial charge in [-0.25, -0.2) is 0 Å². The first-order valence-electron chi connectivity index (χ1n) is 7.49. The summed E-state index contributed by atoms with van der Waals surface area (Å²) in [5.41, 5.74) is 7.05. The van der Waals surface area contributed by atoms with Crippen LogP contribution in [0.5, 0.6) is 5.75 Å². The Kier molecular flexibility index (Phi) is 8.61. The predicted octanol–water partition coefficient (Wildman–Crippen LogP) is 3.17. The van der Waals surface area contributed by atoms with Crippen molar-refractivity contribution in [2.24, 2.45) is 5.73 Å². The van der Waals surface area contributed by atoms with Crippen molar-refractivity contribution in [1.82, 2.24) is 4.90 Å². The van der Waals surface area contributed by atoms with Gasteiger partial charge in [0.25, 0.3) is 0 Å². The Labute approximate surface area is 154 Å². The maximum atomic E-state index is 12.3. The fraction of sp³-hybridized carbons (Fsp3) is 0.278. The number of hydrogen-bond donors (Lipinski definition) is 1. The minimum atomic E-state index is -0.553. The van der Waals surface area contributed by atoms with E-state index in [0.717, 1.165) is 5.56 Å². The molecule has 4 nitrogen and oxygen atoms in total. The average Bonchev–Trinajstić information content (AvgIpc) is 2.56. The molecule has 6 heteroatoms. The van der Waals surface area contributed by atoms with E-state index in [2.05, 4.69) is 0 Å². The predicted molar refractivity (Wildman–Crippen MR) is 100.0 cm³/mol. The van der Waals surface area contributed by atoms with Gasteiger partial charge >= 0.3 is 0 Å². The van der Waals surface area contributed by atoms with Crippen molar-refractivity contribution in [2.75, 3.05) is 20.2 Å². The SMILES string of the molecule is CN(CCOc1ccccc1Cl)C(=O)C(N)Cc1ccccc1.Cl. The molecule has 0 heterocycles. The molecule has 2 aromatic rings. The van der Waals surface area contributed by atoms with Crippen LogP contribution in [-0.2, 0) is 11.2 Å². The van der Waals surface area contributed by atoms with E-state index in [1.54, 1.807) is 24.1 Å². The first-order chi connectivity index (χ1) is 11.1. The number of carbonyl (C=O) groups excluding carboxylic acids is 1. The minimum Gasteiger partial charge on any atom is -0.490 e. The normalized spacial score (nSPS) is 11.3. The number of nitrogens with two attached hydrogens (primary N) is 1. The summed E-state index contributed by atoms with van der Waals surface area (Å²) in [4.78, 5) is 13.9. The molecule has 0 saturated carbocycles. The number of carbonyl (C=O) groups is 1. The van der Waals surface area contributed by atoms with Crippen molar-refractivity contribution in [3.63, 3.8) is 0 Å². The number of amides is 1. The highest BCUT2D eigenvalue weighted by molar-refractivity contribution is 6.32. The molecule has 0 saturated heterocycles. The first-order valence-corrected chi connectivity index (χ1v) is 7.87. The van der Waals surface area contributed by atoms with Crippen LogP contribution in [0.3, 0.4) is 0 Å². The Hall–Kier alpha value is -1.75. The van der Waals surface area contributed by atoms with Crippen LogP contribution in [0.25, 0.3) is 0 Å². The molecule has 24 heavy (non-hydrogen) atoms. The fourth-order valence-electron chi connectivity index (χ4n) is 2.20. The Morgan fingerprint density at radius 3 is 2.46 bits per heavy atom. The molecule has 0 fully saturated rings. The summed E-state index contributed by atoms with van der Waals surface area (Å²) >= 11 is 6.02. The number of rotatable bonds is 7. The summed E-state index contributed by atoms with van der Waals surface area (Å²) in [5.74, 6) is 0.514. The molecule has 1 unspecified atom stereocenters. The van der Waals surface area contributed by atoms with E-state index in [1.165, 1.54) is 0 Å². The molecule has 0 radical (unpaired) electrons. The summed E-state index contributed by atoms with van der Waals surface area (Å²) < 4.78 is 5.59. The molecule has 1 amide bonds. The first kappa shape index (κ1) is 20.3. The van der Waals surface area contributed by atoms with Gasteiger partial charge < -0.3 is 15.4 Å². The highest BCUT2D eigenvalue weighted by atomic mass is 35.5. The molecular formula is C18H22Cl2N2O2. The summed E-state index contributed by atoms with van der Waals surface area (Å²) in [6, 6.07) is 16.5. The van der Waals surface area contributed by atoms with Crippen molar-refractivity contribution in [1.29, 1.82) is 0 Å². The second-order valence-corrected chi connectivity index (χ2v) is 5.74. The zero-order valence-corrected chi connectivity index (χ0v) is 15.1. The Balaban J connectivity index is 0.00000288. The van der Waals surface area contributed by atoms with Gasteiger partial charge in [-0.2, -0.15) is 0 Å². The standard InChI is InChI=1S/C18H21ClN2O2.ClH/c1-21(11-12-23-17-10-6-5-9-15(17)19)18(22)16(20)13-14-7-3-2-4-8-14;/h2-10,16H,11-13,20H2,1H3;1H. The number of nitrogens with zero attached hydrogens (tertiary/aromatic N) is 1. The molecule has 0 aliphatic carbocycles. The lowest BCUT2D eigenvalue weighted by atomic mass is 10.1. The average molecular weight is 369 g/mol. The van der Waals surface area contributed by atoms with E-state index in [0.29, 0.717) is 30.3 Å². The minimum absolute atomic E-state index is 0. The highest BCUT2D eigenvalue weighted by Gasteiger charge is 2.18. The van der Waals surface area contributed by atoms with E-state index < -0.39 is 6.04 Å². The van der Waals surface area contributed by atoms with Crippen LogP contribution in [0, 0.1) is 0 Å². The fourth-order valence-corrected chi connectivity index (χ4v) is 2.39. The zero-order chi connectivity index (χ0) is 16.7. The topological polar surface area (TPSA) is 55.6 Å². The number of likely N-dealkylation sites (N-methyl/N-ethyl adjacent to an activating group) is 1. The number of halogens is 2. The zero-order valence-electron chi connectivity index (χ0n) is 13.5. The molecule has 2 N–H and O–H groups in total. The summed E-state index contributed by atoms with van der Waals surface area (Å²) in [7, 11) is 1.73. The van der Waals surface area contributed by atoms with Gasteiger partial charge in [0.2, 0.25) is 5.91 Å². The van der Waals surface area contributed by atoms with E-state index in [4.69, 9.17) is 22.1 Å². The smallest absolute Gasteiger partial charge is 0.239 e. The van der Waals surface area contributed by atoms with Gasteiger partial charge in [0.05, 0.1) is 17.6 Å². The third-order valence-electron chi connectivity index (χ3n) is 3.51. The van der Waals surface area contributed by atoms with Crippen molar-refractivity contribution in [2.45, 2.75) is 12.5 Å². The number of benzene rings is 2. The van der Waals surface area contributed by atoms with Crippen molar-refractivity contribution >= 4 is 29.9 Å². The monoisotopic (exact) mass is 368 g/mol. The Bertz CT molecular complexity index is 638. The lowest BCUT2D eigenvalue weighted by Crippen LogP contribution is -2.44. The van der Waals surface area contributed by atoms with Gasteiger partial charge in [0, 0.05) is 7.05 Å². The van der Waals surface area contributed by atoms with Crippen LogP contribution in [0.1, 0.15) is 5.56 Å². The van der Waals surface area contributed by atoms with E-state index in [1.807, 2.05) is 42.5 Å². The molecule has 2 rings (SSSR count). The molecule has 1 atom stereocenters. The van der Waals surface area contributed by atoms with Crippen LogP contribution in [0.15, 0.2) is 54.6 Å². The summed E-state index contributed by atoms with van der Waals surface area (Å²) in [6.45, 7) is 0.816. The number of hydrogen-bond acceptors (Lipinski definition) is 3. The molecule has 130 valence electrons. The van der Waals surface area contributed by atoms with E-state index in [-0.39, 0.29) is 18.3 Å². The maximum Gasteiger partial charge on any atom is 0.239 e.